The van der Waals surface area contributed by atoms with Gasteiger partial charge in [0.05, 0.1) is 17.1 Å². The molecule has 1 N–H and O–H groups in total. The van der Waals surface area contributed by atoms with Crippen molar-refractivity contribution < 1.29 is 14.5 Å². The molecule has 126 valence electrons. The fourth-order valence-electron chi connectivity index (χ4n) is 2.08. The Labute approximate surface area is 140 Å². The van der Waals surface area contributed by atoms with Crippen molar-refractivity contribution in [3.05, 3.63) is 64.2 Å². The van der Waals surface area contributed by atoms with Gasteiger partial charge in [-0.15, -0.1) is 0 Å². The normalized spacial score (nSPS) is 10.5. The molecule has 2 aromatic rings. The summed E-state index contributed by atoms with van der Waals surface area (Å²) < 4.78 is 5.70. The van der Waals surface area contributed by atoms with Crippen LogP contribution >= 0.6 is 0 Å². The Bertz CT molecular complexity index is 728. The molecule has 0 saturated carbocycles. The van der Waals surface area contributed by atoms with Crippen LogP contribution in [-0.2, 0) is 0 Å². The lowest BCUT2D eigenvalue weighted by Crippen LogP contribution is -2.14. The van der Waals surface area contributed by atoms with Gasteiger partial charge >= 0.3 is 0 Å². The highest BCUT2D eigenvalue weighted by atomic mass is 16.6. The highest BCUT2D eigenvalue weighted by Gasteiger charge is 2.14. The van der Waals surface area contributed by atoms with Crippen molar-refractivity contribution in [2.75, 3.05) is 11.9 Å². The monoisotopic (exact) mass is 328 g/mol. The average Bonchev–Trinajstić information content (AvgIpc) is 2.55. The summed E-state index contributed by atoms with van der Waals surface area (Å²) in [7, 11) is 0. The van der Waals surface area contributed by atoms with Crippen LogP contribution in [0.4, 0.5) is 11.4 Å². The maximum atomic E-state index is 12.5. The van der Waals surface area contributed by atoms with Gasteiger partial charge in [-0.2, -0.15) is 0 Å². The Morgan fingerprint density at radius 1 is 1.21 bits per heavy atom. The van der Waals surface area contributed by atoms with Gasteiger partial charge < -0.3 is 10.1 Å². The highest BCUT2D eigenvalue weighted by molar-refractivity contribution is 6.06. The minimum atomic E-state index is -0.501. The number of nitro benzene ring substituents is 1. The van der Waals surface area contributed by atoms with Gasteiger partial charge in [-0.1, -0.05) is 32.0 Å². The van der Waals surface area contributed by atoms with Crippen molar-refractivity contribution >= 4 is 17.3 Å². The molecule has 0 saturated heterocycles. The van der Waals surface area contributed by atoms with Crippen molar-refractivity contribution in [3.8, 4) is 5.75 Å². The van der Waals surface area contributed by atoms with Gasteiger partial charge in [0, 0.05) is 17.8 Å². The smallest absolute Gasteiger partial charge is 0.271 e. The fourth-order valence-corrected chi connectivity index (χ4v) is 2.08. The van der Waals surface area contributed by atoms with Crippen LogP contribution in [0.25, 0.3) is 0 Å². The van der Waals surface area contributed by atoms with Crippen LogP contribution in [0.15, 0.2) is 48.5 Å². The summed E-state index contributed by atoms with van der Waals surface area (Å²) in [5.41, 5.74) is 0.688. The van der Waals surface area contributed by atoms with E-state index in [4.69, 9.17) is 4.74 Å². The molecule has 0 heterocycles. The minimum absolute atomic E-state index is 0.0748. The lowest BCUT2D eigenvalue weighted by molar-refractivity contribution is -0.384. The molecule has 0 aliphatic carbocycles. The Balaban J connectivity index is 2.12. The number of hydrogen-bond acceptors (Lipinski definition) is 4. The highest BCUT2D eigenvalue weighted by Crippen LogP contribution is 2.22. The summed E-state index contributed by atoms with van der Waals surface area (Å²) in [5.74, 6) is 0.646. The molecule has 0 aliphatic rings. The minimum Gasteiger partial charge on any atom is -0.493 e. The Kier molecular flexibility index (Phi) is 5.89. The standard InChI is InChI=1S/C18H20N2O4/c1-13(2)10-11-24-17-9-4-3-8-16(17)18(21)19-14-6-5-7-15(12-14)20(22)23/h3-9,12-13H,10-11H2,1-2H3,(H,19,21). The van der Waals surface area contributed by atoms with Crippen molar-refractivity contribution in [1.29, 1.82) is 0 Å². The second-order valence-corrected chi connectivity index (χ2v) is 5.79. The first-order valence-electron chi connectivity index (χ1n) is 7.75. The Hall–Kier alpha value is -2.89. The van der Waals surface area contributed by atoms with E-state index in [0.29, 0.717) is 29.5 Å². The van der Waals surface area contributed by atoms with Crippen molar-refractivity contribution in [2.24, 2.45) is 5.92 Å². The van der Waals surface area contributed by atoms with Crippen LogP contribution in [0.1, 0.15) is 30.6 Å². The number of carbonyl (C=O) groups is 1. The number of non-ortho nitro benzene ring substituents is 1. The number of benzene rings is 2. The molecule has 0 atom stereocenters. The molecule has 0 aliphatic heterocycles. The molecule has 0 fully saturated rings. The molecule has 24 heavy (non-hydrogen) atoms. The van der Waals surface area contributed by atoms with Gasteiger partial charge in [0.1, 0.15) is 5.75 Å². The molecule has 6 heteroatoms. The van der Waals surface area contributed by atoms with Gasteiger partial charge in [0.15, 0.2) is 0 Å². The molecule has 0 spiro atoms. The summed E-state index contributed by atoms with van der Waals surface area (Å²) in [6.45, 7) is 4.73. The van der Waals surface area contributed by atoms with Crippen LogP contribution in [-0.4, -0.2) is 17.4 Å². The number of anilines is 1. The van der Waals surface area contributed by atoms with Crippen molar-refractivity contribution in [2.45, 2.75) is 20.3 Å². The van der Waals surface area contributed by atoms with E-state index in [1.807, 2.05) is 0 Å². The molecule has 0 radical (unpaired) electrons. The van der Waals surface area contributed by atoms with Gasteiger partial charge in [0.2, 0.25) is 0 Å². The number of nitro groups is 1. The number of nitrogens with zero attached hydrogens (tertiary/aromatic N) is 1. The zero-order chi connectivity index (χ0) is 17.5. The Morgan fingerprint density at radius 2 is 1.96 bits per heavy atom. The number of nitrogens with one attached hydrogen (secondary N) is 1. The number of amides is 1. The third kappa shape index (κ3) is 4.81. The second kappa shape index (κ2) is 8.10. The average molecular weight is 328 g/mol. The number of ether oxygens (including phenoxy) is 1. The van der Waals surface area contributed by atoms with Crippen molar-refractivity contribution in [3.63, 3.8) is 0 Å². The molecule has 6 nitrogen and oxygen atoms in total. The molecule has 1 amide bonds. The van der Waals surface area contributed by atoms with Crippen LogP contribution in [0, 0.1) is 16.0 Å². The van der Waals surface area contributed by atoms with E-state index in [1.165, 1.54) is 18.2 Å². The van der Waals surface area contributed by atoms with Crippen molar-refractivity contribution in [1.82, 2.24) is 0 Å². The van der Waals surface area contributed by atoms with Crippen LogP contribution in [0.3, 0.4) is 0 Å². The van der Waals surface area contributed by atoms with Crippen LogP contribution in [0.5, 0.6) is 5.75 Å². The second-order valence-electron chi connectivity index (χ2n) is 5.79. The summed E-state index contributed by atoms with van der Waals surface area (Å²) in [4.78, 5) is 22.8. The van der Waals surface area contributed by atoms with E-state index in [1.54, 1.807) is 30.3 Å². The molecule has 0 unspecified atom stereocenters. The SMILES string of the molecule is CC(C)CCOc1ccccc1C(=O)Nc1cccc([N+](=O)[O-])c1. The van der Waals surface area contributed by atoms with Crippen LogP contribution in [0.2, 0.25) is 0 Å². The third-order valence-corrected chi connectivity index (χ3v) is 3.40. The third-order valence-electron chi connectivity index (χ3n) is 3.40. The van der Waals surface area contributed by atoms with E-state index < -0.39 is 4.92 Å². The summed E-state index contributed by atoms with van der Waals surface area (Å²) in [6, 6.07) is 12.8. The maximum Gasteiger partial charge on any atom is 0.271 e. The summed E-state index contributed by atoms with van der Waals surface area (Å²) in [5, 5.41) is 13.5. The molecule has 0 bridgehead atoms. The van der Waals surface area contributed by atoms with E-state index in [9.17, 15) is 14.9 Å². The summed E-state index contributed by atoms with van der Waals surface area (Å²) >= 11 is 0. The molecule has 0 aromatic heterocycles. The molecule has 2 aromatic carbocycles. The Morgan fingerprint density at radius 3 is 2.67 bits per heavy atom. The molecular weight excluding hydrogens is 308 g/mol. The first-order chi connectivity index (χ1) is 11.5. The zero-order valence-electron chi connectivity index (χ0n) is 13.7. The molecule has 2 rings (SSSR count). The van der Waals surface area contributed by atoms with Gasteiger partial charge in [0.25, 0.3) is 11.6 Å². The first-order valence-corrected chi connectivity index (χ1v) is 7.75. The van der Waals surface area contributed by atoms with Gasteiger partial charge in [-0.05, 0) is 30.5 Å². The van der Waals surface area contributed by atoms with E-state index in [-0.39, 0.29) is 11.6 Å². The lowest BCUT2D eigenvalue weighted by atomic mass is 10.1. The quantitative estimate of drug-likeness (QED) is 0.608. The van der Waals surface area contributed by atoms with Gasteiger partial charge in [-0.25, -0.2) is 0 Å². The predicted molar refractivity (Wildman–Crippen MR) is 92.4 cm³/mol. The number of para-hydroxylation sites is 1. The zero-order valence-corrected chi connectivity index (χ0v) is 13.7. The van der Waals surface area contributed by atoms with Gasteiger partial charge in [-0.3, -0.25) is 14.9 Å². The maximum absolute atomic E-state index is 12.5. The number of carbonyl (C=O) groups excluding carboxylic acids is 1. The first kappa shape index (κ1) is 17.5. The van der Waals surface area contributed by atoms with E-state index in [0.717, 1.165) is 6.42 Å². The van der Waals surface area contributed by atoms with E-state index >= 15 is 0 Å². The number of rotatable bonds is 7. The lowest BCUT2D eigenvalue weighted by Gasteiger charge is -2.12. The largest absolute Gasteiger partial charge is 0.493 e. The number of hydrogen-bond donors (Lipinski definition) is 1. The predicted octanol–water partition coefficient (Wildman–Crippen LogP) is 4.27. The van der Waals surface area contributed by atoms with Crippen LogP contribution < -0.4 is 10.1 Å². The summed E-state index contributed by atoms with van der Waals surface area (Å²) in [6.07, 6.45) is 0.890. The topological polar surface area (TPSA) is 81.5 Å². The van der Waals surface area contributed by atoms with E-state index in [2.05, 4.69) is 19.2 Å². The fraction of sp³-hybridized carbons (Fsp3) is 0.278. The molecular formula is C18H20N2O4.